The van der Waals surface area contributed by atoms with Crippen LogP contribution in [0.25, 0.3) is 10.9 Å². The molecular formula is C11H13FN2O. The number of aromatic amines is 1. The predicted molar refractivity (Wildman–Crippen MR) is 57.1 cm³/mol. The van der Waals surface area contributed by atoms with E-state index in [2.05, 4.69) is 10.3 Å². The number of likely N-dealkylation sites (N-methyl/N-ethyl adjacent to an activating group) is 1. The molecule has 80 valence electrons. The summed E-state index contributed by atoms with van der Waals surface area (Å²) in [6.45, 7) is 0.468. The molecule has 0 amide bonds. The number of H-pyrrole nitrogens is 1. The summed E-state index contributed by atoms with van der Waals surface area (Å²) in [6, 6.07) is 6.27. The van der Waals surface area contributed by atoms with E-state index in [0.29, 0.717) is 12.2 Å². The van der Waals surface area contributed by atoms with Gasteiger partial charge in [0.2, 0.25) is 0 Å². The van der Waals surface area contributed by atoms with Crippen molar-refractivity contribution in [3.63, 3.8) is 0 Å². The summed E-state index contributed by atoms with van der Waals surface area (Å²) in [5.41, 5.74) is 1.53. The van der Waals surface area contributed by atoms with Crippen molar-refractivity contribution in [2.75, 3.05) is 13.6 Å². The molecule has 0 radical (unpaired) electrons. The van der Waals surface area contributed by atoms with Crippen molar-refractivity contribution in [1.29, 1.82) is 0 Å². The van der Waals surface area contributed by atoms with E-state index in [1.54, 1.807) is 19.2 Å². The van der Waals surface area contributed by atoms with Gasteiger partial charge in [-0.2, -0.15) is 0 Å². The van der Waals surface area contributed by atoms with E-state index >= 15 is 0 Å². The molecule has 2 aromatic rings. The number of aromatic nitrogens is 1. The number of hydrogen-bond acceptors (Lipinski definition) is 2. The second kappa shape index (κ2) is 4.00. The second-order valence-corrected chi connectivity index (χ2v) is 3.53. The Morgan fingerprint density at radius 1 is 1.47 bits per heavy atom. The van der Waals surface area contributed by atoms with E-state index in [9.17, 15) is 9.50 Å². The van der Waals surface area contributed by atoms with Crippen LogP contribution in [0.1, 0.15) is 11.8 Å². The van der Waals surface area contributed by atoms with E-state index in [0.717, 1.165) is 10.9 Å². The van der Waals surface area contributed by atoms with Crippen LogP contribution in [0.3, 0.4) is 0 Å². The first-order chi connectivity index (χ1) is 7.20. The first kappa shape index (κ1) is 10.1. The van der Waals surface area contributed by atoms with Gasteiger partial charge in [0.25, 0.3) is 0 Å². The fourth-order valence-electron chi connectivity index (χ4n) is 1.61. The molecule has 1 heterocycles. The average molecular weight is 208 g/mol. The lowest BCUT2D eigenvalue weighted by Gasteiger charge is -2.06. The molecule has 2 rings (SSSR count). The van der Waals surface area contributed by atoms with Gasteiger partial charge in [0.1, 0.15) is 11.9 Å². The van der Waals surface area contributed by atoms with Crippen molar-refractivity contribution in [2.45, 2.75) is 6.10 Å². The molecule has 4 heteroatoms. The van der Waals surface area contributed by atoms with Crippen LogP contribution < -0.4 is 5.32 Å². The van der Waals surface area contributed by atoms with Gasteiger partial charge in [0.05, 0.1) is 0 Å². The highest BCUT2D eigenvalue weighted by molar-refractivity contribution is 5.80. The molecular weight excluding hydrogens is 195 g/mol. The Morgan fingerprint density at radius 3 is 3.00 bits per heavy atom. The third-order valence-electron chi connectivity index (χ3n) is 2.36. The predicted octanol–water partition coefficient (Wildman–Crippen LogP) is 1.56. The summed E-state index contributed by atoms with van der Waals surface area (Å²) in [4.78, 5) is 3.05. The Kier molecular flexibility index (Phi) is 2.70. The van der Waals surface area contributed by atoms with Crippen molar-refractivity contribution in [1.82, 2.24) is 10.3 Å². The Hall–Kier alpha value is -1.39. The number of hydrogen-bond donors (Lipinski definition) is 3. The summed E-state index contributed by atoms with van der Waals surface area (Å²) < 4.78 is 12.9. The van der Waals surface area contributed by atoms with Gasteiger partial charge < -0.3 is 15.4 Å². The van der Waals surface area contributed by atoms with Gasteiger partial charge in [0.15, 0.2) is 0 Å². The molecule has 0 saturated heterocycles. The summed E-state index contributed by atoms with van der Waals surface area (Å²) >= 11 is 0. The van der Waals surface area contributed by atoms with Gasteiger partial charge in [-0.3, -0.25) is 0 Å². The van der Waals surface area contributed by atoms with Gasteiger partial charge in [-0.1, -0.05) is 0 Å². The van der Waals surface area contributed by atoms with Crippen LogP contribution in [0.5, 0.6) is 0 Å². The molecule has 0 spiro atoms. The highest BCUT2D eigenvalue weighted by Crippen LogP contribution is 2.20. The molecule has 0 aliphatic rings. The van der Waals surface area contributed by atoms with Crippen molar-refractivity contribution >= 4 is 10.9 Å². The Bertz CT molecular complexity index is 467. The zero-order valence-electron chi connectivity index (χ0n) is 8.42. The van der Waals surface area contributed by atoms with Crippen molar-refractivity contribution in [3.05, 3.63) is 35.8 Å². The van der Waals surface area contributed by atoms with E-state index in [1.165, 1.54) is 12.1 Å². The van der Waals surface area contributed by atoms with Crippen molar-refractivity contribution < 1.29 is 9.50 Å². The zero-order chi connectivity index (χ0) is 10.8. The number of benzene rings is 1. The maximum atomic E-state index is 12.9. The number of rotatable bonds is 3. The fourth-order valence-corrected chi connectivity index (χ4v) is 1.61. The largest absolute Gasteiger partial charge is 0.386 e. The number of nitrogens with one attached hydrogen (secondary N) is 2. The minimum atomic E-state index is -0.592. The van der Waals surface area contributed by atoms with Crippen LogP contribution in [0, 0.1) is 5.82 Å². The van der Waals surface area contributed by atoms with Gasteiger partial charge in [0, 0.05) is 23.1 Å². The van der Waals surface area contributed by atoms with Crippen LogP contribution in [-0.2, 0) is 0 Å². The average Bonchev–Trinajstić information content (AvgIpc) is 2.60. The van der Waals surface area contributed by atoms with Crippen LogP contribution in [0.2, 0.25) is 0 Å². The van der Waals surface area contributed by atoms with Crippen LogP contribution in [0.4, 0.5) is 4.39 Å². The standard InChI is InChI=1S/C11H13FN2O/c1-13-6-11(15)10-5-7-4-8(12)2-3-9(7)14-10/h2-5,11,13-15H,6H2,1H3. The second-order valence-electron chi connectivity index (χ2n) is 3.53. The maximum absolute atomic E-state index is 12.9. The van der Waals surface area contributed by atoms with Gasteiger partial charge in [-0.15, -0.1) is 0 Å². The van der Waals surface area contributed by atoms with E-state index in [4.69, 9.17) is 0 Å². The highest BCUT2D eigenvalue weighted by atomic mass is 19.1. The third-order valence-corrected chi connectivity index (χ3v) is 2.36. The summed E-state index contributed by atoms with van der Waals surface area (Å²) in [5, 5.41) is 13.4. The number of aliphatic hydroxyl groups is 1. The first-order valence-corrected chi connectivity index (χ1v) is 4.81. The molecule has 0 bridgehead atoms. The van der Waals surface area contributed by atoms with Gasteiger partial charge in [-0.25, -0.2) is 4.39 Å². The molecule has 3 N–H and O–H groups in total. The van der Waals surface area contributed by atoms with Crippen LogP contribution in [0.15, 0.2) is 24.3 Å². The molecule has 0 fully saturated rings. The molecule has 15 heavy (non-hydrogen) atoms. The molecule has 1 aromatic heterocycles. The van der Waals surface area contributed by atoms with E-state index < -0.39 is 6.10 Å². The summed E-state index contributed by atoms with van der Waals surface area (Å²) in [5.74, 6) is -0.267. The first-order valence-electron chi connectivity index (χ1n) is 4.81. The Balaban J connectivity index is 2.38. The van der Waals surface area contributed by atoms with Gasteiger partial charge in [-0.05, 0) is 31.3 Å². The monoisotopic (exact) mass is 208 g/mol. The van der Waals surface area contributed by atoms with E-state index in [-0.39, 0.29) is 5.82 Å². The van der Waals surface area contributed by atoms with Crippen molar-refractivity contribution in [2.24, 2.45) is 0 Å². The minimum Gasteiger partial charge on any atom is -0.386 e. The zero-order valence-corrected chi connectivity index (χ0v) is 8.42. The normalized spacial score (nSPS) is 13.3. The van der Waals surface area contributed by atoms with Crippen LogP contribution >= 0.6 is 0 Å². The quantitative estimate of drug-likeness (QED) is 0.717. The molecule has 1 unspecified atom stereocenters. The smallest absolute Gasteiger partial charge is 0.123 e. The lowest BCUT2D eigenvalue weighted by atomic mass is 10.2. The fraction of sp³-hybridized carbons (Fsp3) is 0.273. The number of halogens is 1. The van der Waals surface area contributed by atoms with Crippen molar-refractivity contribution in [3.8, 4) is 0 Å². The Labute approximate surface area is 86.9 Å². The highest BCUT2D eigenvalue weighted by Gasteiger charge is 2.09. The molecule has 1 atom stereocenters. The Morgan fingerprint density at radius 2 is 2.27 bits per heavy atom. The number of fused-ring (bicyclic) bond motifs is 1. The van der Waals surface area contributed by atoms with E-state index in [1.807, 2.05) is 0 Å². The SMILES string of the molecule is CNCC(O)c1cc2cc(F)ccc2[nH]1. The lowest BCUT2D eigenvalue weighted by molar-refractivity contribution is 0.174. The summed E-state index contributed by atoms with van der Waals surface area (Å²) in [6.07, 6.45) is -0.592. The summed E-state index contributed by atoms with van der Waals surface area (Å²) in [7, 11) is 1.77. The molecule has 0 aliphatic carbocycles. The maximum Gasteiger partial charge on any atom is 0.123 e. The molecule has 3 nitrogen and oxygen atoms in total. The molecule has 0 aliphatic heterocycles. The van der Waals surface area contributed by atoms with Crippen LogP contribution in [-0.4, -0.2) is 23.7 Å². The molecule has 0 saturated carbocycles. The van der Waals surface area contributed by atoms with Gasteiger partial charge >= 0.3 is 0 Å². The minimum absolute atomic E-state index is 0.267. The molecule has 1 aromatic carbocycles. The third kappa shape index (κ3) is 2.00. The number of aliphatic hydroxyl groups excluding tert-OH is 1. The topological polar surface area (TPSA) is 48.0 Å². The lowest BCUT2D eigenvalue weighted by Crippen LogP contribution is -2.16.